The third kappa shape index (κ3) is 3.27. The molecule has 0 saturated heterocycles. The summed E-state index contributed by atoms with van der Waals surface area (Å²) in [6, 6.07) is 12.0. The summed E-state index contributed by atoms with van der Waals surface area (Å²) < 4.78 is 0.803. The van der Waals surface area contributed by atoms with Crippen molar-refractivity contribution in [3.63, 3.8) is 0 Å². The van der Waals surface area contributed by atoms with E-state index >= 15 is 0 Å². The number of aliphatic imine (C=N–C) groups is 1. The summed E-state index contributed by atoms with van der Waals surface area (Å²) in [4.78, 5) is 18.6. The fourth-order valence-electron chi connectivity index (χ4n) is 2.33. The van der Waals surface area contributed by atoms with Gasteiger partial charge in [-0.3, -0.25) is 14.8 Å². The zero-order chi connectivity index (χ0) is 16.4. The number of aromatic hydroxyl groups is 2. The summed E-state index contributed by atoms with van der Waals surface area (Å²) in [6.07, 6.45) is 1.52. The fraction of sp³-hybridized carbons (Fsp3) is 0.0588. The van der Waals surface area contributed by atoms with Gasteiger partial charge in [0.15, 0.2) is 0 Å². The normalized spacial score (nSPS) is 11.3. The van der Waals surface area contributed by atoms with Crippen LogP contribution >= 0.6 is 15.9 Å². The van der Waals surface area contributed by atoms with Gasteiger partial charge in [0.1, 0.15) is 5.75 Å². The van der Waals surface area contributed by atoms with Gasteiger partial charge in [-0.15, -0.1) is 0 Å². The Morgan fingerprint density at radius 3 is 2.74 bits per heavy atom. The second-order valence-corrected chi connectivity index (χ2v) is 5.96. The molecule has 0 unspecified atom stereocenters. The van der Waals surface area contributed by atoms with Crippen LogP contribution in [0, 0.1) is 0 Å². The van der Waals surface area contributed by atoms with Crippen LogP contribution in [0.1, 0.15) is 11.1 Å². The summed E-state index contributed by atoms with van der Waals surface area (Å²) in [7, 11) is 0. The number of rotatable bonds is 3. The highest BCUT2D eigenvalue weighted by Crippen LogP contribution is 2.24. The number of phenolic OH excluding ortho intramolecular Hbond substituents is 1. The van der Waals surface area contributed by atoms with Gasteiger partial charge >= 0.3 is 0 Å². The number of fused-ring (bicyclic) bond motifs is 1. The molecule has 2 aromatic carbocycles. The van der Waals surface area contributed by atoms with E-state index in [1.165, 1.54) is 6.21 Å². The van der Waals surface area contributed by atoms with E-state index in [1.54, 1.807) is 36.4 Å². The van der Waals surface area contributed by atoms with E-state index in [4.69, 9.17) is 0 Å². The molecule has 0 bridgehead atoms. The summed E-state index contributed by atoms with van der Waals surface area (Å²) in [5, 5.41) is 20.5. The first-order valence-electron chi connectivity index (χ1n) is 6.87. The lowest BCUT2D eigenvalue weighted by atomic mass is 10.1. The van der Waals surface area contributed by atoms with Crippen LogP contribution in [0.4, 0.5) is 0 Å². The van der Waals surface area contributed by atoms with E-state index in [1.807, 2.05) is 6.07 Å². The lowest BCUT2D eigenvalue weighted by Gasteiger charge is -2.05. The second-order valence-electron chi connectivity index (χ2n) is 5.05. The Morgan fingerprint density at radius 1 is 1.13 bits per heavy atom. The molecular formula is C17H13BrN2O3. The van der Waals surface area contributed by atoms with E-state index in [9.17, 15) is 15.0 Å². The highest BCUT2D eigenvalue weighted by molar-refractivity contribution is 9.10. The van der Waals surface area contributed by atoms with Gasteiger partial charge in [-0.1, -0.05) is 28.1 Å². The molecule has 0 aliphatic rings. The van der Waals surface area contributed by atoms with Crippen molar-refractivity contribution in [1.29, 1.82) is 0 Å². The molecule has 0 aliphatic carbocycles. The molecule has 1 heterocycles. The Balaban J connectivity index is 2.01. The van der Waals surface area contributed by atoms with Crippen LogP contribution in [0.25, 0.3) is 10.8 Å². The third-order valence-corrected chi connectivity index (χ3v) is 3.90. The predicted octanol–water partition coefficient (Wildman–Crippen LogP) is 3.32. The van der Waals surface area contributed by atoms with Crippen molar-refractivity contribution >= 4 is 32.9 Å². The average molecular weight is 373 g/mol. The molecule has 23 heavy (non-hydrogen) atoms. The van der Waals surface area contributed by atoms with Crippen molar-refractivity contribution < 1.29 is 10.2 Å². The molecule has 0 fully saturated rings. The molecule has 0 atom stereocenters. The van der Waals surface area contributed by atoms with Gasteiger partial charge in [0.25, 0.3) is 5.56 Å². The number of pyridine rings is 1. The average Bonchev–Trinajstić information content (AvgIpc) is 2.50. The molecule has 3 aromatic rings. The van der Waals surface area contributed by atoms with Crippen molar-refractivity contribution in [2.24, 2.45) is 4.99 Å². The minimum absolute atomic E-state index is 0.180. The molecule has 3 rings (SSSR count). The lowest BCUT2D eigenvalue weighted by molar-refractivity contribution is 0.452. The van der Waals surface area contributed by atoms with Gasteiger partial charge in [-0.2, -0.15) is 0 Å². The lowest BCUT2D eigenvalue weighted by Crippen LogP contribution is -2.08. The number of nitrogens with zero attached hydrogens (tertiary/aromatic N) is 1. The Hall–Kier alpha value is -2.60. The first kappa shape index (κ1) is 15.3. The van der Waals surface area contributed by atoms with Gasteiger partial charge in [0.05, 0.1) is 12.1 Å². The molecule has 0 aliphatic heterocycles. The molecule has 0 spiro atoms. The third-order valence-electron chi connectivity index (χ3n) is 3.41. The summed E-state index contributed by atoms with van der Waals surface area (Å²) >= 11 is 3.36. The predicted molar refractivity (Wildman–Crippen MR) is 93.3 cm³/mol. The van der Waals surface area contributed by atoms with Gasteiger partial charge in [-0.25, -0.2) is 0 Å². The number of halogens is 1. The molecule has 5 nitrogen and oxygen atoms in total. The molecule has 0 saturated carbocycles. The maximum atomic E-state index is 11.9. The topological polar surface area (TPSA) is 85.7 Å². The second kappa shape index (κ2) is 6.26. The van der Waals surface area contributed by atoms with E-state index < -0.39 is 0 Å². The molecule has 116 valence electrons. The summed E-state index contributed by atoms with van der Waals surface area (Å²) in [6.45, 7) is 0.350. The molecule has 6 heteroatoms. The van der Waals surface area contributed by atoms with Gasteiger partial charge < -0.3 is 10.2 Å². The number of hydrogen-bond donors (Lipinski definition) is 3. The number of hydrogen-bond acceptors (Lipinski definition) is 4. The minimum atomic E-state index is -0.352. The number of benzene rings is 2. The van der Waals surface area contributed by atoms with E-state index in [-0.39, 0.29) is 17.2 Å². The smallest absolute Gasteiger partial charge is 0.258 e. The highest BCUT2D eigenvalue weighted by atomic mass is 79.9. The molecule has 3 N–H and O–H groups in total. The van der Waals surface area contributed by atoms with Crippen LogP contribution in [0.15, 0.2) is 56.7 Å². The zero-order valence-corrected chi connectivity index (χ0v) is 13.5. The number of aromatic nitrogens is 1. The van der Waals surface area contributed by atoms with Gasteiger partial charge in [0.2, 0.25) is 5.88 Å². The summed E-state index contributed by atoms with van der Waals surface area (Å²) in [5.74, 6) is -0.0424. The van der Waals surface area contributed by atoms with Crippen LogP contribution in [-0.4, -0.2) is 21.4 Å². The molecular weight excluding hydrogens is 360 g/mol. The van der Waals surface area contributed by atoms with Crippen LogP contribution in [0.2, 0.25) is 0 Å². The van der Waals surface area contributed by atoms with Gasteiger partial charge in [-0.05, 0) is 35.9 Å². The first-order valence-corrected chi connectivity index (χ1v) is 7.66. The standard InChI is InChI=1S/C17H13BrN2O3/c18-11-4-5-13-14(7-11)15(17(23)20-16(13)22)9-19-8-10-2-1-3-12(21)6-10/h1-7,9,21H,8H2,(H2,20,22,23). The molecule has 0 radical (unpaired) electrons. The number of H-pyrrole nitrogens is 1. The molecule has 0 amide bonds. The Morgan fingerprint density at radius 2 is 1.96 bits per heavy atom. The number of aromatic amines is 1. The Labute approximate surface area is 140 Å². The van der Waals surface area contributed by atoms with Gasteiger partial charge in [0, 0.05) is 21.5 Å². The molecule has 1 aromatic heterocycles. The maximum Gasteiger partial charge on any atom is 0.258 e. The van der Waals surface area contributed by atoms with Crippen molar-refractivity contribution in [2.75, 3.05) is 0 Å². The minimum Gasteiger partial charge on any atom is -0.508 e. The highest BCUT2D eigenvalue weighted by Gasteiger charge is 2.09. The SMILES string of the molecule is O=c1[nH]c(O)c(C=NCc2cccc(O)c2)c2cc(Br)ccc12. The Bertz CT molecular complexity index is 964. The fourth-order valence-corrected chi connectivity index (χ4v) is 2.70. The van der Waals surface area contributed by atoms with Crippen molar-refractivity contribution in [1.82, 2.24) is 4.98 Å². The van der Waals surface area contributed by atoms with Crippen LogP contribution < -0.4 is 5.56 Å². The van der Waals surface area contributed by atoms with Crippen LogP contribution in [-0.2, 0) is 6.54 Å². The number of nitrogens with one attached hydrogen (secondary N) is 1. The largest absolute Gasteiger partial charge is 0.508 e. The van der Waals surface area contributed by atoms with E-state index in [0.29, 0.717) is 22.9 Å². The number of phenols is 1. The monoisotopic (exact) mass is 372 g/mol. The summed E-state index contributed by atoms with van der Waals surface area (Å²) in [5.41, 5.74) is 0.937. The zero-order valence-electron chi connectivity index (χ0n) is 12.0. The maximum absolute atomic E-state index is 11.9. The van der Waals surface area contributed by atoms with E-state index in [0.717, 1.165) is 10.0 Å². The van der Waals surface area contributed by atoms with Crippen molar-refractivity contribution in [2.45, 2.75) is 6.54 Å². The van der Waals surface area contributed by atoms with Crippen molar-refractivity contribution in [3.8, 4) is 11.6 Å². The Kier molecular flexibility index (Phi) is 4.16. The van der Waals surface area contributed by atoms with Crippen LogP contribution in [0.3, 0.4) is 0 Å². The first-order chi connectivity index (χ1) is 11.0. The quantitative estimate of drug-likeness (QED) is 0.616. The van der Waals surface area contributed by atoms with Crippen LogP contribution in [0.5, 0.6) is 11.6 Å². The van der Waals surface area contributed by atoms with E-state index in [2.05, 4.69) is 25.9 Å². The van der Waals surface area contributed by atoms with Crippen molar-refractivity contribution in [3.05, 3.63) is 68.4 Å².